The number of aromatic nitrogens is 2. The summed E-state index contributed by atoms with van der Waals surface area (Å²) in [4.78, 5) is 27.9. The van der Waals surface area contributed by atoms with Gasteiger partial charge in [0.15, 0.2) is 0 Å². The molecule has 0 amide bonds. The van der Waals surface area contributed by atoms with Gasteiger partial charge in [-0.25, -0.2) is 23.2 Å². The molecular formula is C14H9F2N3O3S. The number of carboxylic acids is 1. The predicted octanol–water partition coefficient (Wildman–Crippen LogP) is 2.62. The average Bonchev–Trinajstić information content (AvgIpc) is 2.79. The van der Waals surface area contributed by atoms with Crippen LogP contribution < -0.4 is 11.0 Å². The van der Waals surface area contributed by atoms with E-state index < -0.39 is 23.2 Å². The Morgan fingerprint density at radius 1 is 1.30 bits per heavy atom. The molecule has 23 heavy (non-hydrogen) atoms. The molecule has 0 unspecified atom stereocenters. The van der Waals surface area contributed by atoms with Crippen LogP contribution in [0.3, 0.4) is 0 Å². The highest BCUT2D eigenvalue weighted by molar-refractivity contribution is 7.20. The van der Waals surface area contributed by atoms with Gasteiger partial charge >= 0.3 is 5.97 Å². The predicted molar refractivity (Wildman–Crippen MR) is 81.0 cm³/mol. The second-order valence-corrected chi connectivity index (χ2v) is 5.73. The molecule has 0 atom stereocenters. The lowest BCUT2D eigenvalue weighted by molar-refractivity contribution is 0.0701. The van der Waals surface area contributed by atoms with Crippen molar-refractivity contribution < 1.29 is 18.7 Å². The van der Waals surface area contributed by atoms with Crippen molar-refractivity contribution in [3.63, 3.8) is 0 Å². The Labute approximate surface area is 131 Å². The summed E-state index contributed by atoms with van der Waals surface area (Å²) in [5, 5.41) is 9.25. The molecule has 1 aromatic carbocycles. The number of aryl methyl sites for hydroxylation is 1. The Morgan fingerprint density at radius 2 is 1.96 bits per heavy atom. The smallest absolute Gasteiger partial charge is 0.346 e. The number of rotatable bonds is 3. The molecule has 0 saturated heterocycles. The molecule has 0 radical (unpaired) electrons. The van der Waals surface area contributed by atoms with Gasteiger partial charge in [-0.1, -0.05) is 0 Å². The van der Waals surface area contributed by atoms with E-state index >= 15 is 0 Å². The number of thiophene rings is 1. The van der Waals surface area contributed by atoms with Crippen LogP contribution in [-0.2, 0) is 0 Å². The molecule has 0 aliphatic carbocycles. The average molecular weight is 337 g/mol. The van der Waals surface area contributed by atoms with Gasteiger partial charge in [-0.3, -0.25) is 10.2 Å². The number of hydrogen-bond donors (Lipinski definition) is 2. The highest BCUT2D eigenvalue weighted by atomic mass is 32.1. The Morgan fingerprint density at radius 3 is 2.57 bits per heavy atom. The minimum Gasteiger partial charge on any atom is -0.477 e. The van der Waals surface area contributed by atoms with E-state index in [-0.39, 0.29) is 20.8 Å². The van der Waals surface area contributed by atoms with E-state index in [1.807, 2.05) is 0 Å². The number of benzene rings is 1. The molecule has 2 N–H and O–H groups in total. The van der Waals surface area contributed by atoms with Crippen LogP contribution in [0.25, 0.3) is 10.2 Å². The molecule has 3 rings (SSSR count). The third-order valence-electron chi connectivity index (χ3n) is 3.16. The molecule has 0 aliphatic heterocycles. The number of nitrogens with one attached hydrogen (secondary N) is 1. The molecule has 6 nitrogen and oxygen atoms in total. The van der Waals surface area contributed by atoms with Crippen molar-refractivity contribution in [3.8, 4) is 0 Å². The summed E-state index contributed by atoms with van der Waals surface area (Å²) >= 11 is 0.894. The van der Waals surface area contributed by atoms with Crippen molar-refractivity contribution in [2.75, 3.05) is 5.43 Å². The van der Waals surface area contributed by atoms with E-state index in [1.54, 1.807) is 0 Å². The first-order valence-electron chi connectivity index (χ1n) is 6.34. The topological polar surface area (TPSA) is 84.2 Å². The SMILES string of the molecule is Cc1c(C(=O)O)sc2ncn(Nc3cc(F)cc(F)c3)c(=O)c12. The molecule has 0 spiro atoms. The molecule has 0 aliphatic rings. The highest BCUT2D eigenvalue weighted by Gasteiger charge is 2.18. The summed E-state index contributed by atoms with van der Waals surface area (Å²) in [6, 6.07) is 2.74. The van der Waals surface area contributed by atoms with Crippen molar-refractivity contribution in [1.29, 1.82) is 0 Å². The van der Waals surface area contributed by atoms with E-state index in [9.17, 15) is 18.4 Å². The van der Waals surface area contributed by atoms with Crippen LogP contribution >= 0.6 is 11.3 Å². The van der Waals surface area contributed by atoms with Crippen molar-refractivity contribution in [1.82, 2.24) is 9.66 Å². The lowest BCUT2D eigenvalue weighted by atomic mass is 10.2. The first-order valence-corrected chi connectivity index (χ1v) is 7.15. The van der Waals surface area contributed by atoms with Crippen LogP contribution in [0.5, 0.6) is 0 Å². The highest BCUT2D eigenvalue weighted by Crippen LogP contribution is 2.26. The van der Waals surface area contributed by atoms with Gasteiger partial charge in [0.2, 0.25) is 0 Å². The lowest BCUT2D eigenvalue weighted by Crippen LogP contribution is -2.26. The van der Waals surface area contributed by atoms with Gasteiger partial charge in [-0.2, -0.15) is 0 Å². The Hall–Kier alpha value is -2.81. The third kappa shape index (κ3) is 2.66. The minimum absolute atomic E-state index is 0.0251. The van der Waals surface area contributed by atoms with Crippen molar-refractivity contribution >= 4 is 33.2 Å². The number of nitrogens with zero attached hydrogens (tertiary/aromatic N) is 2. The summed E-state index contributed by atoms with van der Waals surface area (Å²) in [5.41, 5.74) is 2.30. The number of halogens is 2. The number of fused-ring (bicyclic) bond motifs is 1. The molecule has 0 fully saturated rings. The van der Waals surface area contributed by atoms with Gasteiger partial charge < -0.3 is 5.11 Å². The molecule has 118 valence electrons. The Kier molecular flexibility index (Phi) is 3.57. The summed E-state index contributed by atoms with van der Waals surface area (Å²) in [6.07, 6.45) is 1.13. The van der Waals surface area contributed by atoms with E-state index in [0.29, 0.717) is 11.6 Å². The number of aromatic carboxylic acids is 1. The number of carbonyl (C=O) groups is 1. The molecule has 0 saturated carbocycles. The van der Waals surface area contributed by atoms with Gasteiger partial charge in [-0.05, 0) is 24.6 Å². The third-order valence-corrected chi connectivity index (χ3v) is 4.35. The number of carboxylic acid groups (broad SMARTS) is 1. The van der Waals surface area contributed by atoms with Crippen LogP contribution in [-0.4, -0.2) is 20.7 Å². The lowest BCUT2D eigenvalue weighted by Gasteiger charge is -2.09. The summed E-state index contributed by atoms with van der Waals surface area (Å²) in [5.74, 6) is -2.74. The molecular weight excluding hydrogens is 328 g/mol. The van der Waals surface area contributed by atoms with Gasteiger partial charge in [0, 0.05) is 6.07 Å². The zero-order chi connectivity index (χ0) is 16.7. The van der Waals surface area contributed by atoms with Crippen molar-refractivity contribution in [2.24, 2.45) is 0 Å². The maximum atomic E-state index is 13.2. The zero-order valence-corrected chi connectivity index (χ0v) is 12.4. The van der Waals surface area contributed by atoms with E-state index in [1.165, 1.54) is 6.92 Å². The van der Waals surface area contributed by atoms with Gasteiger partial charge in [0.1, 0.15) is 27.7 Å². The second kappa shape index (κ2) is 5.43. The van der Waals surface area contributed by atoms with Crippen LogP contribution in [0.15, 0.2) is 29.3 Å². The summed E-state index contributed by atoms with van der Waals surface area (Å²) in [6.45, 7) is 1.51. The first kappa shape index (κ1) is 15.1. The normalized spacial score (nSPS) is 10.9. The van der Waals surface area contributed by atoms with E-state index in [0.717, 1.165) is 34.5 Å². The zero-order valence-electron chi connectivity index (χ0n) is 11.6. The maximum absolute atomic E-state index is 13.2. The summed E-state index contributed by atoms with van der Waals surface area (Å²) < 4.78 is 27.3. The first-order chi connectivity index (χ1) is 10.9. The molecule has 9 heteroatoms. The monoisotopic (exact) mass is 337 g/mol. The molecule has 3 aromatic rings. The van der Waals surface area contributed by atoms with Gasteiger partial charge in [0.25, 0.3) is 5.56 Å². The fraction of sp³-hybridized carbons (Fsp3) is 0.0714. The van der Waals surface area contributed by atoms with E-state index in [4.69, 9.17) is 5.11 Å². The Bertz CT molecular complexity index is 977. The number of hydrogen-bond acceptors (Lipinski definition) is 5. The van der Waals surface area contributed by atoms with Crippen molar-refractivity contribution in [3.05, 3.63) is 57.0 Å². The second-order valence-electron chi connectivity index (χ2n) is 4.73. The Balaban J connectivity index is 2.12. The fourth-order valence-electron chi connectivity index (χ4n) is 2.17. The molecule has 2 heterocycles. The largest absolute Gasteiger partial charge is 0.477 e. The van der Waals surface area contributed by atoms with Gasteiger partial charge in [-0.15, -0.1) is 11.3 Å². The van der Waals surface area contributed by atoms with Gasteiger partial charge in [0.05, 0.1) is 11.1 Å². The quantitative estimate of drug-likeness (QED) is 0.767. The maximum Gasteiger partial charge on any atom is 0.346 e. The fourth-order valence-corrected chi connectivity index (χ4v) is 3.14. The van der Waals surface area contributed by atoms with Crippen LogP contribution in [0.4, 0.5) is 14.5 Å². The standard InChI is InChI=1S/C14H9F2N3O3S/c1-6-10-12(23-11(6)14(21)22)17-5-19(13(10)20)18-9-3-7(15)2-8(16)4-9/h2-5,18H,1H3,(H,21,22). The number of anilines is 1. The van der Waals surface area contributed by atoms with E-state index in [2.05, 4.69) is 10.4 Å². The van der Waals surface area contributed by atoms with Crippen LogP contribution in [0.1, 0.15) is 15.2 Å². The molecule has 0 bridgehead atoms. The summed E-state index contributed by atoms with van der Waals surface area (Å²) in [7, 11) is 0. The minimum atomic E-state index is -1.14. The molecule has 2 aromatic heterocycles. The van der Waals surface area contributed by atoms with Crippen LogP contribution in [0, 0.1) is 18.6 Å². The van der Waals surface area contributed by atoms with Crippen molar-refractivity contribution in [2.45, 2.75) is 6.92 Å². The van der Waals surface area contributed by atoms with Crippen LogP contribution in [0.2, 0.25) is 0 Å².